The Morgan fingerprint density at radius 1 is 1.10 bits per heavy atom. The van der Waals surface area contributed by atoms with E-state index in [1.54, 1.807) is 0 Å². The molecular weight excluding hydrogens is 246 g/mol. The summed E-state index contributed by atoms with van der Waals surface area (Å²) in [5, 5.41) is 3.54. The third-order valence-electron chi connectivity index (χ3n) is 5.55. The summed E-state index contributed by atoms with van der Waals surface area (Å²) in [5.74, 6) is 0.799. The second kappa shape index (κ2) is 5.96. The maximum atomic E-state index is 6.61. The molecule has 4 unspecified atom stereocenters. The molecule has 0 saturated heterocycles. The fraction of sp³-hybridized carbons (Fsp3) is 1.00. The van der Waals surface area contributed by atoms with Crippen molar-refractivity contribution in [1.29, 1.82) is 0 Å². The maximum Gasteiger partial charge on any atom is 0.0736 e. The van der Waals surface area contributed by atoms with Crippen LogP contribution in [-0.2, 0) is 4.74 Å². The number of nitrogens with one attached hydrogen (secondary N) is 1. The van der Waals surface area contributed by atoms with Gasteiger partial charge in [-0.15, -0.1) is 0 Å². The minimum atomic E-state index is 0.355. The highest BCUT2D eigenvalue weighted by atomic mass is 16.5. The second-order valence-electron chi connectivity index (χ2n) is 8.86. The van der Waals surface area contributed by atoms with Crippen molar-refractivity contribution in [3.63, 3.8) is 0 Å². The van der Waals surface area contributed by atoms with Gasteiger partial charge in [0.15, 0.2) is 0 Å². The Balaban J connectivity index is 2.01. The summed E-state index contributed by atoms with van der Waals surface area (Å²) in [6, 6.07) is 0.497. The molecule has 20 heavy (non-hydrogen) atoms. The lowest BCUT2D eigenvalue weighted by Gasteiger charge is -2.47. The van der Waals surface area contributed by atoms with Crippen LogP contribution < -0.4 is 5.32 Å². The minimum Gasteiger partial charge on any atom is -0.373 e. The molecule has 2 heteroatoms. The first-order valence-corrected chi connectivity index (χ1v) is 8.56. The molecule has 0 radical (unpaired) electrons. The van der Waals surface area contributed by atoms with Gasteiger partial charge in [-0.05, 0) is 55.9 Å². The van der Waals surface area contributed by atoms with E-state index in [1.165, 1.54) is 38.5 Å². The van der Waals surface area contributed by atoms with Crippen LogP contribution in [0.5, 0.6) is 0 Å². The molecule has 0 aromatic carbocycles. The van der Waals surface area contributed by atoms with E-state index < -0.39 is 0 Å². The van der Waals surface area contributed by atoms with Gasteiger partial charge in [-0.1, -0.05) is 41.0 Å². The molecular formula is C18H35NO. The summed E-state index contributed by atoms with van der Waals surface area (Å²) in [4.78, 5) is 0. The van der Waals surface area contributed by atoms with Crippen LogP contribution in [0.2, 0.25) is 0 Å². The SMILES string of the molecule is CNC1C(OC2CC(C)CC(C)(C)C2)CCCC1(C)C. The first kappa shape index (κ1) is 16.3. The largest absolute Gasteiger partial charge is 0.373 e. The van der Waals surface area contributed by atoms with Gasteiger partial charge in [0.1, 0.15) is 0 Å². The summed E-state index contributed by atoms with van der Waals surface area (Å²) in [6.07, 6.45) is 8.52. The normalized spacial score (nSPS) is 40.5. The predicted octanol–water partition coefficient (Wildman–Crippen LogP) is 4.38. The van der Waals surface area contributed by atoms with Crippen LogP contribution in [0.1, 0.15) is 73.1 Å². The molecule has 2 aliphatic rings. The Kier molecular flexibility index (Phi) is 4.86. The Morgan fingerprint density at radius 2 is 1.80 bits per heavy atom. The van der Waals surface area contributed by atoms with Crippen molar-refractivity contribution in [2.45, 2.75) is 91.4 Å². The van der Waals surface area contributed by atoms with Crippen LogP contribution in [-0.4, -0.2) is 25.3 Å². The van der Waals surface area contributed by atoms with E-state index >= 15 is 0 Å². The second-order valence-corrected chi connectivity index (χ2v) is 8.86. The van der Waals surface area contributed by atoms with E-state index in [4.69, 9.17) is 4.74 Å². The Bertz CT molecular complexity index is 323. The van der Waals surface area contributed by atoms with Crippen molar-refractivity contribution in [1.82, 2.24) is 5.32 Å². The van der Waals surface area contributed by atoms with E-state index in [0.29, 0.717) is 29.1 Å². The van der Waals surface area contributed by atoms with Crippen LogP contribution in [0.4, 0.5) is 0 Å². The van der Waals surface area contributed by atoms with Crippen LogP contribution in [0.3, 0.4) is 0 Å². The fourth-order valence-corrected chi connectivity index (χ4v) is 4.92. The molecule has 2 aliphatic carbocycles. The van der Waals surface area contributed by atoms with Crippen LogP contribution >= 0.6 is 0 Å². The van der Waals surface area contributed by atoms with E-state index in [9.17, 15) is 0 Å². The zero-order chi connectivity index (χ0) is 15.0. The molecule has 4 atom stereocenters. The number of hydrogen-bond acceptors (Lipinski definition) is 2. The lowest BCUT2D eigenvalue weighted by Crippen LogP contribution is -2.53. The molecule has 2 nitrogen and oxygen atoms in total. The summed E-state index contributed by atoms with van der Waals surface area (Å²) >= 11 is 0. The average molecular weight is 281 g/mol. The van der Waals surface area contributed by atoms with Gasteiger partial charge in [-0.2, -0.15) is 0 Å². The van der Waals surface area contributed by atoms with E-state index in [2.05, 4.69) is 47.0 Å². The summed E-state index contributed by atoms with van der Waals surface area (Å²) in [5.41, 5.74) is 0.801. The molecule has 1 N–H and O–H groups in total. The van der Waals surface area contributed by atoms with Gasteiger partial charge in [0.25, 0.3) is 0 Å². The molecule has 0 aliphatic heterocycles. The number of hydrogen-bond donors (Lipinski definition) is 1. The predicted molar refractivity (Wildman–Crippen MR) is 85.9 cm³/mol. The third-order valence-corrected chi connectivity index (χ3v) is 5.55. The zero-order valence-corrected chi connectivity index (χ0v) is 14.5. The molecule has 2 rings (SSSR count). The fourth-order valence-electron chi connectivity index (χ4n) is 4.92. The van der Waals surface area contributed by atoms with Gasteiger partial charge in [0.05, 0.1) is 12.2 Å². The smallest absolute Gasteiger partial charge is 0.0736 e. The summed E-state index contributed by atoms with van der Waals surface area (Å²) < 4.78 is 6.61. The standard InChI is InChI=1S/C18H35NO/c1-13-10-14(12-17(2,3)11-13)20-15-8-7-9-18(4,5)16(15)19-6/h13-16,19H,7-12H2,1-6H3. The monoisotopic (exact) mass is 281 g/mol. The van der Waals surface area contributed by atoms with Crippen molar-refractivity contribution >= 4 is 0 Å². The molecule has 2 saturated carbocycles. The molecule has 118 valence electrons. The first-order chi connectivity index (χ1) is 9.23. The average Bonchev–Trinajstić information content (AvgIpc) is 2.24. The van der Waals surface area contributed by atoms with Crippen LogP contribution in [0.15, 0.2) is 0 Å². The van der Waals surface area contributed by atoms with Crippen molar-refractivity contribution in [2.75, 3.05) is 7.05 Å². The lowest BCUT2D eigenvalue weighted by molar-refractivity contribution is -0.106. The van der Waals surface area contributed by atoms with E-state index in [-0.39, 0.29) is 0 Å². The molecule has 0 bridgehead atoms. The van der Waals surface area contributed by atoms with Gasteiger partial charge in [-0.3, -0.25) is 0 Å². The minimum absolute atomic E-state index is 0.355. The first-order valence-electron chi connectivity index (χ1n) is 8.56. The highest BCUT2D eigenvalue weighted by Crippen LogP contribution is 2.42. The zero-order valence-electron chi connectivity index (χ0n) is 14.5. The molecule has 0 aromatic rings. The van der Waals surface area contributed by atoms with Crippen LogP contribution in [0, 0.1) is 16.7 Å². The van der Waals surface area contributed by atoms with Gasteiger partial charge in [-0.25, -0.2) is 0 Å². The topological polar surface area (TPSA) is 21.3 Å². The van der Waals surface area contributed by atoms with Crippen LogP contribution in [0.25, 0.3) is 0 Å². The Hall–Kier alpha value is -0.0800. The Morgan fingerprint density at radius 3 is 2.40 bits per heavy atom. The number of likely N-dealkylation sites (N-methyl/N-ethyl adjacent to an activating group) is 1. The summed E-state index contributed by atoms with van der Waals surface area (Å²) in [6.45, 7) is 12.0. The van der Waals surface area contributed by atoms with Gasteiger partial charge >= 0.3 is 0 Å². The molecule has 0 spiro atoms. The third kappa shape index (κ3) is 3.76. The number of rotatable bonds is 3. The molecule has 2 fully saturated rings. The highest BCUT2D eigenvalue weighted by Gasteiger charge is 2.41. The summed E-state index contributed by atoms with van der Waals surface area (Å²) in [7, 11) is 2.10. The lowest BCUT2D eigenvalue weighted by atomic mass is 9.70. The molecule has 0 amide bonds. The molecule has 0 heterocycles. The van der Waals surface area contributed by atoms with E-state index in [0.717, 1.165) is 5.92 Å². The number of ether oxygens (including phenoxy) is 1. The van der Waals surface area contributed by atoms with Crippen molar-refractivity contribution < 1.29 is 4.74 Å². The van der Waals surface area contributed by atoms with Crippen molar-refractivity contribution in [3.05, 3.63) is 0 Å². The molecule has 0 aromatic heterocycles. The van der Waals surface area contributed by atoms with Crippen molar-refractivity contribution in [2.24, 2.45) is 16.7 Å². The van der Waals surface area contributed by atoms with Gasteiger partial charge in [0.2, 0.25) is 0 Å². The van der Waals surface area contributed by atoms with E-state index in [1.807, 2.05) is 0 Å². The Labute approximate surface area is 126 Å². The quantitative estimate of drug-likeness (QED) is 0.828. The highest BCUT2D eigenvalue weighted by molar-refractivity contribution is 4.95. The van der Waals surface area contributed by atoms with Gasteiger partial charge in [0, 0.05) is 6.04 Å². The van der Waals surface area contributed by atoms with Crippen molar-refractivity contribution in [3.8, 4) is 0 Å². The van der Waals surface area contributed by atoms with Gasteiger partial charge < -0.3 is 10.1 Å². The maximum absolute atomic E-state index is 6.61.